The van der Waals surface area contributed by atoms with Gasteiger partial charge in [0, 0.05) is 17.9 Å². The molecular weight excluding hydrogens is 256 g/mol. The number of nitrogens with zero attached hydrogens (tertiary/aromatic N) is 1. The molecule has 1 N–H and O–H groups in total. The molecule has 0 unspecified atom stereocenters. The Morgan fingerprint density at radius 1 is 1.21 bits per heavy atom. The predicted molar refractivity (Wildman–Crippen MR) is 77.8 cm³/mol. The van der Waals surface area contributed by atoms with E-state index in [2.05, 4.69) is 11.9 Å². The summed E-state index contributed by atoms with van der Waals surface area (Å²) in [6, 6.07) is 0. The minimum atomic E-state index is -0.210. The number of H-pyrrole nitrogens is 1. The maximum Gasteiger partial charge on any atom is 0.140 e. The molecule has 0 aromatic carbocycles. The van der Waals surface area contributed by atoms with E-state index in [0.717, 1.165) is 42.8 Å². The minimum Gasteiger partial charge on any atom is -0.367 e. The van der Waals surface area contributed by atoms with Crippen molar-refractivity contribution in [2.75, 3.05) is 6.61 Å². The van der Waals surface area contributed by atoms with Gasteiger partial charge in [-0.2, -0.15) is 0 Å². The molecule has 0 saturated heterocycles. The number of fused-ring (bicyclic) bond motifs is 1. The van der Waals surface area contributed by atoms with Crippen molar-refractivity contribution in [3.63, 3.8) is 0 Å². The van der Waals surface area contributed by atoms with Gasteiger partial charge in [0.05, 0.1) is 0 Å². The summed E-state index contributed by atoms with van der Waals surface area (Å²) >= 11 is 5.48. The van der Waals surface area contributed by atoms with Crippen molar-refractivity contribution in [1.82, 2.24) is 9.97 Å². The normalized spacial score (nSPS) is 21.3. The van der Waals surface area contributed by atoms with Gasteiger partial charge in [-0.1, -0.05) is 31.5 Å². The zero-order chi connectivity index (χ0) is 13.3. The maximum atomic E-state index is 6.13. The number of aromatic nitrogens is 2. The highest BCUT2D eigenvalue weighted by Gasteiger charge is 2.37. The van der Waals surface area contributed by atoms with Crippen LogP contribution in [0.5, 0.6) is 0 Å². The molecule has 1 heterocycles. The minimum absolute atomic E-state index is 0.210. The van der Waals surface area contributed by atoms with Crippen molar-refractivity contribution in [2.45, 2.75) is 63.9 Å². The SMILES string of the molecule is CCOC1(c2nc(=S)c3c([nH]2)CCC3)CCCCC1. The molecule has 2 aliphatic rings. The largest absolute Gasteiger partial charge is 0.367 e. The van der Waals surface area contributed by atoms with E-state index in [1.54, 1.807) is 0 Å². The van der Waals surface area contributed by atoms with E-state index in [-0.39, 0.29) is 5.60 Å². The second-order valence-corrected chi connectivity index (χ2v) is 6.08. The smallest absolute Gasteiger partial charge is 0.140 e. The molecule has 2 aliphatic carbocycles. The first-order valence-electron chi connectivity index (χ1n) is 7.52. The van der Waals surface area contributed by atoms with Gasteiger partial charge in [0.15, 0.2) is 0 Å². The van der Waals surface area contributed by atoms with Crippen LogP contribution in [-0.2, 0) is 23.2 Å². The zero-order valence-electron chi connectivity index (χ0n) is 11.6. The summed E-state index contributed by atoms with van der Waals surface area (Å²) in [6.45, 7) is 2.80. The van der Waals surface area contributed by atoms with Crippen molar-refractivity contribution in [3.8, 4) is 0 Å². The summed E-state index contributed by atoms with van der Waals surface area (Å²) < 4.78 is 6.93. The van der Waals surface area contributed by atoms with Gasteiger partial charge in [0.2, 0.25) is 0 Å². The van der Waals surface area contributed by atoms with Crippen LogP contribution in [0.15, 0.2) is 0 Å². The second kappa shape index (κ2) is 5.33. The van der Waals surface area contributed by atoms with Crippen LogP contribution in [0.1, 0.15) is 62.5 Å². The van der Waals surface area contributed by atoms with Crippen molar-refractivity contribution in [1.29, 1.82) is 0 Å². The summed E-state index contributed by atoms with van der Waals surface area (Å²) in [6.07, 6.45) is 9.27. The third-order valence-electron chi connectivity index (χ3n) is 4.47. The lowest BCUT2D eigenvalue weighted by Crippen LogP contribution is -2.35. The van der Waals surface area contributed by atoms with Crippen molar-refractivity contribution in [3.05, 3.63) is 21.7 Å². The lowest BCUT2D eigenvalue weighted by atomic mass is 9.83. The molecule has 1 fully saturated rings. The fraction of sp³-hybridized carbons (Fsp3) is 0.733. The molecule has 4 heteroatoms. The average molecular weight is 278 g/mol. The molecule has 104 valence electrons. The Labute approximate surface area is 119 Å². The summed E-state index contributed by atoms with van der Waals surface area (Å²) in [4.78, 5) is 8.25. The third kappa shape index (κ3) is 2.36. The standard InChI is InChI=1S/C15H22N2OS/c1-2-18-15(9-4-3-5-10-15)14-16-12-8-6-7-11(12)13(19)17-14/h2-10H2,1H3,(H,16,17,19). The summed E-state index contributed by atoms with van der Waals surface area (Å²) in [7, 11) is 0. The van der Waals surface area contributed by atoms with Crippen LogP contribution >= 0.6 is 12.2 Å². The van der Waals surface area contributed by atoms with Gasteiger partial charge >= 0.3 is 0 Å². The van der Waals surface area contributed by atoms with Gasteiger partial charge in [0.25, 0.3) is 0 Å². The van der Waals surface area contributed by atoms with Gasteiger partial charge in [-0.25, -0.2) is 4.98 Å². The van der Waals surface area contributed by atoms with Crippen LogP contribution in [0.3, 0.4) is 0 Å². The number of aromatic amines is 1. The number of hydrogen-bond acceptors (Lipinski definition) is 3. The molecule has 1 aromatic heterocycles. The highest BCUT2D eigenvalue weighted by atomic mass is 32.1. The van der Waals surface area contributed by atoms with Crippen LogP contribution in [-0.4, -0.2) is 16.6 Å². The van der Waals surface area contributed by atoms with Crippen LogP contribution in [0, 0.1) is 4.64 Å². The van der Waals surface area contributed by atoms with Crippen molar-refractivity contribution in [2.24, 2.45) is 0 Å². The van der Waals surface area contributed by atoms with E-state index in [4.69, 9.17) is 21.9 Å². The van der Waals surface area contributed by atoms with E-state index in [0.29, 0.717) is 0 Å². The molecule has 3 rings (SSSR count). The van der Waals surface area contributed by atoms with Gasteiger partial charge in [-0.15, -0.1) is 0 Å². The Kier molecular flexibility index (Phi) is 3.72. The van der Waals surface area contributed by atoms with Gasteiger partial charge < -0.3 is 9.72 Å². The molecule has 0 radical (unpaired) electrons. The van der Waals surface area contributed by atoms with E-state index in [1.807, 2.05) is 0 Å². The first-order chi connectivity index (χ1) is 9.25. The molecule has 0 amide bonds. The van der Waals surface area contributed by atoms with E-state index >= 15 is 0 Å². The van der Waals surface area contributed by atoms with Crippen LogP contribution in [0.4, 0.5) is 0 Å². The molecule has 1 aromatic rings. The molecule has 0 atom stereocenters. The molecule has 19 heavy (non-hydrogen) atoms. The van der Waals surface area contributed by atoms with Gasteiger partial charge in [-0.3, -0.25) is 0 Å². The topological polar surface area (TPSA) is 37.9 Å². The Balaban J connectivity index is 2.03. The Bertz CT molecular complexity index is 512. The van der Waals surface area contributed by atoms with Crippen LogP contribution in [0.25, 0.3) is 0 Å². The third-order valence-corrected chi connectivity index (χ3v) is 4.81. The summed E-state index contributed by atoms with van der Waals surface area (Å²) in [5.41, 5.74) is 2.36. The number of ether oxygens (including phenoxy) is 1. The quantitative estimate of drug-likeness (QED) is 0.854. The fourth-order valence-electron chi connectivity index (χ4n) is 3.52. The lowest BCUT2D eigenvalue weighted by Gasteiger charge is -2.36. The van der Waals surface area contributed by atoms with E-state index in [1.165, 1.54) is 36.9 Å². The Morgan fingerprint density at radius 2 is 2.00 bits per heavy atom. The Hall–Kier alpha value is -0.740. The summed E-state index contributed by atoms with van der Waals surface area (Å²) in [5.74, 6) is 0.986. The van der Waals surface area contributed by atoms with Crippen LogP contribution in [0.2, 0.25) is 0 Å². The number of aryl methyl sites for hydroxylation is 1. The maximum absolute atomic E-state index is 6.13. The van der Waals surface area contributed by atoms with Crippen LogP contribution < -0.4 is 0 Å². The summed E-state index contributed by atoms with van der Waals surface area (Å²) in [5, 5.41) is 0. The van der Waals surface area contributed by atoms with Crippen molar-refractivity contribution < 1.29 is 4.74 Å². The molecule has 0 bridgehead atoms. The molecule has 3 nitrogen and oxygen atoms in total. The van der Waals surface area contributed by atoms with E-state index < -0.39 is 0 Å². The monoisotopic (exact) mass is 278 g/mol. The van der Waals surface area contributed by atoms with Crippen molar-refractivity contribution >= 4 is 12.2 Å². The number of nitrogens with one attached hydrogen (secondary N) is 1. The molecule has 0 aliphatic heterocycles. The molecule has 1 saturated carbocycles. The second-order valence-electron chi connectivity index (χ2n) is 5.69. The molecular formula is C15H22N2OS. The van der Waals surface area contributed by atoms with Gasteiger partial charge in [-0.05, 0) is 39.0 Å². The first-order valence-corrected chi connectivity index (χ1v) is 7.92. The highest BCUT2D eigenvalue weighted by Crippen LogP contribution is 2.39. The lowest BCUT2D eigenvalue weighted by molar-refractivity contribution is -0.0768. The Morgan fingerprint density at radius 3 is 2.74 bits per heavy atom. The first kappa shape index (κ1) is 13.3. The fourth-order valence-corrected chi connectivity index (χ4v) is 3.84. The molecule has 0 spiro atoms. The highest BCUT2D eigenvalue weighted by molar-refractivity contribution is 7.71. The predicted octanol–water partition coefficient (Wildman–Crippen LogP) is 3.82. The number of rotatable bonds is 3. The number of hydrogen-bond donors (Lipinski definition) is 1. The van der Waals surface area contributed by atoms with Gasteiger partial charge in [0.1, 0.15) is 16.1 Å². The average Bonchev–Trinajstić information content (AvgIpc) is 2.89. The zero-order valence-corrected chi connectivity index (χ0v) is 12.4. The van der Waals surface area contributed by atoms with E-state index in [9.17, 15) is 0 Å².